The van der Waals surface area contributed by atoms with Crippen molar-refractivity contribution in [2.75, 3.05) is 12.8 Å². The summed E-state index contributed by atoms with van der Waals surface area (Å²) in [5.41, 5.74) is 5.98. The molecule has 0 saturated carbocycles. The minimum absolute atomic E-state index is 0.152. The predicted molar refractivity (Wildman–Crippen MR) is 65.1 cm³/mol. The van der Waals surface area contributed by atoms with Crippen molar-refractivity contribution >= 4 is 11.5 Å². The Morgan fingerprint density at radius 1 is 1.28 bits per heavy atom. The summed E-state index contributed by atoms with van der Waals surface area (Å²) in [5.74, 6) is 0.504. The maximum absolute atomic E-state index is 11.0. The lowest BCUT2D eigenvalue weighted by molar-refractivity contribution is -0.383. The molecule has 1 aromatic carbocycles. The summed E-state index contributed by atoms with van der Waals surface area (Å²) in [6.07, 6.45) is 1.20. The first-order valence-corrected chi connectivity index (χ1v) is 5.02. The third kappa shape index (κ3) is 2.05. The van der Waals surface area contributed by atoms with Crippen LogP contribution in [0.15, 0.2) is 30.6 Å². The van der Waals surface area contributed by atoms with E-state index in [-0.39, 0.29) is 17.2 Å². The minimum Gasteiger partial charge on any atom is -0.497 e. The highest BCUT2D eigenvalue weighted by molar-refractivity contribution is 5.75. The van der Waals surface area contributed by atoms with Gasteiger partial charge in [0, 0.05) is 5.56 Å². The van der Waals surface area contributed by atoms with Crippen molar-refractivity contribution in [2.45, 2.75) is 0 Å². The largest absolute Gasteiger partial charge is 0.497 e. The number of benzene rings is 1. The highest BCUT2D eigenvalue weighted by atomic mass is 16.6. The number of hydrogen-bond acceptors (Lipinski definition) is 6. The third-order valence-electron chi connectivity index (χ3n) is 2.40. The van der Waals surface area contributed by atoms with Crippen LogP contribution in [0.2, 0.25) is 0 Å². The van der Waals surface area contributed by atoms with Gasteiger partial charge in [-0.3, -0.25) is 10.1 Å². The number of nitrogen functional groups attached to an aromatic ring is 1. The van der Waals surface area contributed by atoms with Crippen LogP contribution >= 0.6 is 0 Å². The monoisotopic (exact) mass is 246 g/mol. The minimum atomic E-state index is -0.588. The van der Waals surface area contributed by atoms with Crippen molar-refractivity contribution in [3.8, 4) is 17.0 Å². The van der Waals surface area contributed by atoms with E-state index >= 15 is 0 Å². The topological polar surface area (TPSA) is 104 Å². The maximum atomic E-state index is 11.0. The van der Waals surface area contributed by atoms with E-state index in [0.717, 1.165) is 0 Å². The normalized spacial score (nSPS) is 10.1. The Labute approximate surface area is 102 Å². The van der Waals surface area contributed by atoms with E-state index in [1.807, 2.05) is 0 Å². The fourth-order valence-electron chi connectivity index (χ4n) is 1.53. The molecular weight excluding hydrogens is 236 g/mol. The summed E-state index contributed by atoms with van der Waals surface area (Å²) in [4.78, 5) is 17.9. The summed E-state index contributed by atoms with van der Waals surface area (Å²) >= 11 is 0. The van der Waals surface area contributed by atoms with Gasteiger partial charge in [-0.25, -0.2) is 9.97 Å². The molecule has 0 unspecified atom stereocenters. The highest BCUT2D eigenvalue weighted by Crippen LogP contribution is 2.31. The van der Waals surface area contributed by atoms with Gasteiger partial charge in [-0.15, -0.1) is 0 Å². The van der Waals surface area contributed by atoms with E-state index in [0.29, 0.717) is 11.3 Å². The number of hydrogen-bond donors (Lipinski definition) is 1. The van der Waals surface area contributed by atoms with Crippen molar-refractivity contribution in [1.29, 1.82) is 0 Å². The number of methoxy groups -OCH3 is 1. The van der Waals surface area contributed by atoms with Crippen LogP contribution in [-0.2, 0) is 0 Å². The molecule has 0 atom stereocenters. The molecule has 7 nitrogen and oxygen atoms in total. The van der Waals surface area contributed by atoms with E-state index in [2.05, 4.69) is 9.97 Å². The van der Waals surface area contributed by atoms with E-state index in [1.165, 1.54) is 6.33 Å². The number of anilines is 1. The number of nitrogens with two attached hydrogens (primary N) is 1. The van der Waals surface area contributed by atoms with Crippen LogP contribution in [0.5, 0.6) is 5.75 Å². The molecule has 0 saturated heterocycles. The lowest BCUT2D eigenvalue weighted by Crippen LogP contribution is -2.02. The lowest BCUT2D eigenvalue weighted by atomic mass is 10.1. The summed E-state index contributed by atoms with van der Waals surface area (Å²) in [5, 5.41) is 11.0. The second-order valence-corrected chi connectivity index (χ2v) is 3.44. The first kappa shape index (κ1) is 11.8. The maximum Gasteiger partial charge on any atom is 0.337 e. The SMILES string of the molecule is COc1ccc(-c2ncnc(N)c2[N+](=O)[O-])cc1. The molecule has 0 radical (unpaired) electrons. The predicted octanol–water partition coefficient (Wildman–Crippen LogP) is 1.64. The summed E-state index contributed by atoms with van der Waals surface area (Å²) in [6.45, 7) is 0. The molecule has 1 aromatic heterocycles. The fraction of sp³-hybridized carbons (Fsp3) is 0.0909. The third-order valence-corrected chi connectivity index (χ3v) is 2.40. The van der Waals surface area contributed by atoms with Gasteiger partial charge in [-0.05, 0) is 24.3 Å². The van der Waals surface area contributed by atoms with Crippen molar-refractivity contribution < 1.29 is 9.66 Å². The van der Waals surface area contributed by atoms with Crippen LogP contribution in [-0.4, -0.2) is 22.0 Å². The molecule has 0 aliphatic carbocycles. The van der Waals surface area contributed by atoms with Crippen molar-refractivity contribution in [3.05, 3.63) is 40.7 Å². The fourth-order valence-corrected chi connectivity index (χ4v) is 1.53. The zero-order valence-corrected chi connectivity index (χ0v) is 9.53. The molecule has 2 rings (SSSR count). The van der Waals surface area contributed by atoms with E-state index in [4.69, 9.17) is 10.5 Å². The van der Waals surface area contributed by atoms with E-state index < -0.39 is 4.92 Å². The number of aromatic nitrogens is 2. The van der Waals surface area contributed by atoms with Crippen LogP contribution in [0.3, 0.4) is 0 Å². The molecule has 0 aliphatic rings. The zero-order chi connectivity index (χ0) is 13.1. The molecule has 92 valence electrons. The first-order chi connectivity index (χ1) is 8.63. The average molecular weight is 246 g/mol. The van der Waals surface area contributed by atoms with Crippen LogP contribution in [0, 0.1) is 10.1 Å². The van der Waals surface area contributed by atoms with Gasteiger partial charge in [-0.2, -0.15) is 0 Å². The molecule has 1 heterocycles. The number of rotatable bonds is 3. The van der Waals surface area contributed by atoms with Crippen molar-refractivity contribution in [3.63, 3.8) is 0 Å². The molecule has 7 heteroatoms. The van der Waals surface area contributed by atoms with Crippen LogP contribution in [0.1, 0.15) is 0 Å². The number of nitro groups is 1. The summed E-state index contributed by atoms with van der Waals surface area (Å²) in [6, 6.07) is 6.73. The lowest BCUT2D eigenvalue weighted by Gasteiger charge is -2.04. The number of ether oxygens (including phenoxy) is 1. The van der Waals surface area contributed by atoms with Gasteiger partial charge in [-0.1, -0.05) is 0 Å². The Balaban J connectivity index is 2.56. The van der Waals surface area contributed by atoms with Crippen molar-refractivity contribution in [2.24, 2.45) is 0 Å². The molecule has 0 amide bonds. The Morgan fingerprint density at radius 3 is 2.50 bits per heavy atom. The second kappa shape index (κ2) is 4.66. The Kier molecular flexibility index (Phi) is 3.05. The number of nitrogens with zero attached hydrogens (tertiary/aromatic N) is 3. The quantitative estimate of drug-likeness (QED) is 0.652. The molecule has 2 N–H and O–H groups in total. The van der Waals surface area contributed by atoms with Gasteiger partial charge in [0.1, 0.15) is 12.1 Å². The van der Waals surface area contributed by atoms with Gasteiger partial charge in [0.2, 0.25) is 5.82 Å². The molecular formula is C11H10N4O3. The van der Waals surface area contributed by atoms with Crippen LogP contribution in [0.25, 0.3) is 11.3 Å². The standard InChI is InChI=1S/C11H10N4O3/c1-18-8-4-2-7(3-5-8)9-10(15(16)17)11(12)14-6-13-9/h2-6H,1H3,(H2,12,13,14). The first-order valence-electron chi connectivity index (χ1n) is 5.02. The molecule has 0 spiro atoms. The Morgan fingerprint density at radius 2 is 1.94 bits per heavy atom. The Bertz CT molecular complexity index is 583. The summed E-state index contributed by atoms with van der Waals surface area (Å²) in [7, 11) is 1.54. The molecule has 0 bridgehead atoms. The van der Waals surface area contributed by atoms with Gasteiger partial charge in [0.05, 0.1) is 12.0 Å². The zero-order valence-electron chi connectivity index (χ0n) is 9.53. The van der Waals surface area contributed by atoms with Crippen molar-refractivity contribution in [1.82, 2.24) is 9.97 Å². The van der Waals surface area contributed by atoms with E-state index in [9.17, 15) is 10.1 Å². The van der Waals surface area contributed by atoms with Gasteiger partial charge >= 0.3 is 5.69 Å². The van der Waals surface area contributed by atoms with Gasteiger partial charge in [0.15, 0.2) is 5.69 Å². The molecule has 2 aromatic rings. The Hall–Kier alpha value is -2.70. The van der Waals surface area contributed by atoms with Gasteiger partial charge in [0.25, 0.3) is 0 Å². The molecule has 0 fully saturated rings. The molecule has 18 heavy (non-hydrogen) atoms. The van der Waals surface area contributed by atoms with Crippen LogP contribution in [0.4, 0.5) is 11.5 Å². The van der Waals surface area contributed by atoms with Crippen LogP contribution < -0.4 is 10.5 Å². The smallest absolute Gasteiger partial charge is 0.337 e. The second-order valence-electron chi connectivity index (χ2n) is 3.44. The molecule has 0 aliphatic heterocycles. The average Bonchev–Trinajstić information content (AvgIpc) is 2.38. The van der Waals surface area contributed by atoms with Gasteiger partial charge < -0.3 is 10.5 Å². The highest BCUT2D eigenvalue weighted by Gasteiger charge is 2.21. The van der Waals surface area contributed by atoms with E-state index in [1.54, 1.807) is 31.4 Å². The summed E-state index contributed by atoms with van der Waals surface area (Å²) < 4.78 is 5.02.